The van der Waals surface area contributed by atoms with Crippen LogP contribution in [-0.2, 0) is 4.79 Å². The number of nitrogens with one attached hydrogen (secondary N) is 2. The highest BCUT2D eigenvalue weighted by Crippen LogP contribution is 2.42. The van der Waals surface area contributed by atoms with E-state index in [1.807, 2.05) is 63.2 Å². The second-order valence-corrected chi connectivity index (χ2v) is 10.9. The average Bonchev–Trinajstić information content (AvgIpc) is 3.64. The van der Waals surface area contributed by atoms with Gasteiger partial charge in [-0.15, -0.1) is 0 Å². The van der Waals surface area contributed by atoms with Crippen LogP contribution in [0.5, 0.6) is 17.2 Å². The van der Waals surface area contributed by atoms with Gasteiger partial charge in [-0.2, -0.15) is 4.98 Å². The molecule has 3 aromatic carbocycles. The number of anilines is 4. The van der Waals surface area contributed by atoms with E-state index in [1.54, 1.807) is 39.5 Å². The van der Waals surface area contributed by atoms with E-state index in [0.717, 1.165) is 22.3 Å². The summed E-state index contributed by atoms with van der Waals surface area (Å²) in [6, 6.07) is 17.0. The number of carbonyl (C=O) groups is 1. The molecule has 0 aliphatic rings. The molecule has 0 aliphatic carbocycles. The zero-order valence-corrected chi connectivity index (χ0v) is 26.0. The molecule has 0 fully saturated rings. The molecule has 4 N–H and O–H groups in total. The molecular formula is C32H32N6O5S. The summed E-state index contributed by atoms with van der Waals surface area (Å²) in [5.41, 5.74) is 12.1. The van der Waals surface area contributed by atoms with Crippen molar-refractivity contribution in [2.24, 2.45) is 0 Å². The summed E-state index contributed by atoms with van der Waals surface area (Å²) in [6.45, 7) is 5.86. The number of hydrogen-bond donors (Lipinski definition) is 3. The van der Waals surface area contributed by atoms with Crippen molar-refractivity contribution in [3.63, 3.8) is 0 Å². The van der Waals surface area contributed by atoms with Crippen LogP contribution in [0.15, 0.2) is 65.2 Å². The average molecular weight is 613 g/mol. The number of aromatic nitrogens is 3. The number of amides is 1. The Kier molecular flexibility index (Phi) is 8.81. The number of methoxy groups -OCH3 is 3. The van der Waals surface area contributed by atoms with E-state index in [-0.39, 0.29) is 17.6 Å². The molecule has 11 nitrogen and oxygen atoms in total. The van der Waals surface area contributed by atoms with Gasteiger partial charge in [-0.05, 0) is 55.2 Å². The quantitative estimate of drug-likeness (QED) is 0.143. The third kappa shape index (κ3) is 6.35. The van der Waals surface area contributed by atoms with E-state index in [2.05, 4.69) is 25.8 Å². The fourth-order valence-corrected chi connectivity index (χ4v) is 5.48. The topological polar surface area (TPSA) is 147 Å². The largest absolute Gasteiger partial charge is 0.493 e. The fourth-order valence-electron chi connectivity index (χ4n) is 4.65. The van der Waals surface area contributed by atoms with Crippen molar-refractivity contribution in [3.05, 3.63) is 77.4 Å². The molecule has 44 heavy (non-hydrogen) atoms. The molecule has 0 atom stereocenters. The molecule has 226 valence electrons. The van der Waals surface area contributed by atoms with Crippen LogP contribution < -0.4 is 30.6 Å². The number of allylic oxidation sites excluding steroid dienone is 1. The Balaban J connectivity index is 1.35. The van der Waals surface area contributed by atoms with Gasteiger partial charge in [0, 0.05) is 35.1 Å². The second kappa shape index (κ2) is 12.9. The number of thiazole rings is 1. The van der Waals surface area contributed by atoms with Gasteiger partial charge in [-0.1, -0.05) is 46.8 Å². The maximum absolute atomic E-state index is 12.8. The summed E-state index contributed by atoms with van der Waals surface area (Å²) in [7, 11) is 4.63. The molecule has 0 saturated carbocycles. The first-order chi connectivity index (χ1) is 21.2. The van der Waals surface area contributed by atoms with Crippen molar-refractivity contribution < 1.29 is 23.5 Å². The summed E-state index contributed by atoms with van der Waals surface area (Å²) < 4.78 is 21.8. The molecule has 5 aromatic rings. The predicted molar refractivity (Wildman–Crippen MR) is 173 cm³/mol. The van der Waals surface area contributed by atoms with Crippen LogP contribution in [-0.4, -0.2) is 42.4 Å². The van der Waals surface area contributed by atoms with Crippen molar-refractivity contribution in [3.8, 4) is 39.4 Å². The van der Waals surface area contributed by atoms with Gasteiger partial charge in [0.15, 0.2) is 16.6 Å². The number of aryl methyl sites for hydroxylation is 2. The summed E-state index contributed by atoms with van der Waals surface area (Å²) in [6.07, 6.45) is 1.59. The predicted octanol–water partition coefficient (Wildman–Crippen LogP) is 6.87. The van der Waals surface area contributed by atoms with E-state index in [0.29, 0.717) is 50.0 Å². The van der Waals surface area contributed by atoms with Crippen LogP contribution >= 0.6 is 11.3 Å². The van der Waals surface area contributed by atoms with Crippen LogP contribution in [0.3, 0.4) is 0 Å². The molecule has 5 rings (SSSR count). The van der Waals surface area contributed by atoms with E-state index in [9.17, 15) is 4.79 Å². The smallest absolute Gasteiger partial charge is 0.272 e. The van der Waals surface area contributed by atoms with Crippen LogP contribution in [0.1, 0.15) is 23.6 Å². The minimum atomic E-state index is -0.237. The van der Waals surface area contributed by atoms with E-state index < -0.39 is 0 Å². The lowest BCUT2D eigenvalue weighted by Gasteiger charge is -2.14. The summed E-state index contributed by atoms with van der Waals surface area (Å²) in [5.74, 6) is 2.03. The number of ether oxygens (including phenoxy) is 3. The van der Waals surface area contributed by atoms with Crippen molar-refractivity contribution in [2.75, 3.05) is 37.7 Å². The van der Waals surface area contributed by atoms with Gasteiger partial charge in [0.2, 0.25) is 17.5 Å². The lowest BCUT2D eigenvalue weighted by molar-refractivity contribution is -0.111. The first-order valence-corrected chi connectivity index (χ1v) is 14.4. The molecule has 2 aromatic heterocycles. The summed E-state index contributed by atoms with van der Waals surface area (Å²) >= 11 is 1.25. The highest BCUT2D eigenvalue weighted by molar-refractivity contribution is 7.19. The molecule has 0 spiro atoms. The fraction of sp³-hybridized carbons (Fsp3) is 0.188. The zero-order chi connectivity index (χ0) is 31.4. The van der Waals surface area contributed by atoms with Gasteiger partial charge in [0.05, 0.1) is 21.3 Å². The minimum Gasteiger partial charge on any atom is -0.493 e. The maximum atomic E-state index is 12.8. The molecular weight excluding hydrogens is 580 g/mol. The zero-order valence-electron chi connectivity index (χ0n) is 25.1. The standard InChI is InChI=1S/C32H32N6O5S/c1-17-9-7-8-10-22(17)19(3)13-26(39)34-20-12-11-18(2)23(14-20)30-37-31(43-38-30)28-29(33)36-32(44-28)35-21-15-24(40-4)27(42-6)25(16-21)41-5/h7-16H,33H2,1-6H3,(H,34,39)(H,35,36). The van der Waals surface area contributed by atoms with Gasteiger partial charge in [0.25, 0.3) is 5.89 Å². The second-order valence-electron chi connectivity index (χ2n) is 9.86. The molecule has 2 heterocycles. The highest BCUT2D eigenvalue weighted by Gasteiger charge is 2.20. The number of carbonyl (C=O) groups excluding carboxylic acids is 1. The minimum absolute atomic E-state index is 0.221. The maximum Gasteiger partial charge on any atom is 0.272 e. The van der Waals surface area contributed by atoms with Crippen LogP contribution in [0.4, 0.5) is 22.3 Å². The van der Waals surface area contributed by atoms with Crippen LogP contribution in [0.2, 0.25) is 0 Å². The normalized spacial score (nSPS) is 11.3. The van der Waals surface area contributed by atoms with Gasteiger partial charge in [0.1, 0.15) is 10.7 Å². The molecule has 1 amide bonds. The van der Waals surface area contributed by atoms with E-state index >= 15 is 0 Å². The van der Waals surface area contributed by atoms with Crippen molar-refractivity contribution in [1.82, 2.24) is 15.1 Å². The molecule has 0 aliphatic heterocycles. The summed E-state index contributed by atoms with van der Waals surface area (Å²) in [4.78, 5) is 22.3. The van der Waals surface area contributed by atoms with E-state index in [4.69, 9.17) is 24.5 Å². The number of benzene rings is 3. The Morgan fingerprint density at radius 3 is 2.34 bits per heavy atom. The molecule has 0 unspecified atom stereocenters. The van der Waals surface area contributed by atoms with Crippen molar-refractivity contribution in [2.45, 2.75) is 20.8 Å². The molecule has 0 radical (unpaired) electrons. The lowest BCUT2D eigenvalue weighted by Crippen LogP contribution is -2.09. The van der Waals surface area contributed by atoms with Gasteiger partial charge in [-0.3, -0.25) is 4.79 Å². The van der Waals surface area contributed by atoms with Crippen molar-refractivity contribution in [1.29, 1.82) is 0 Å². The number of nitrogen functional groups attached to an aromatic ring is 1. The Bertz CT molecular complexity index is 1840. The molecule has 12 heteroatoms. The molecule has 0 saturated heterocycles. The Hall–Kier alpha value is -5.36. The molecule has 0 bridgehead atoms. The Labute approximate surface area is 258 Å². The number of rotatable bonds is 10. The third-order valence-corrected chi connectivity index (χ3v) is 7.83. The van der Waals surface area contributed by atoms with Gasteiger partial charge >= 0.3 is 0 Å². The summed E-state index contributed by atoms with van der Waals surface area (Å²) in [5, 5.41) is 10.8. The Morgan fingerprint density at radius 2 is 1.66 bits per heavy atom. The number of hydrogen-bond acceptors (Lipinski definition) is 11. The lowest BCUT2D eigenvalue weighted by atomic mass is 10.0. The van der Waals surface area contributed by atoms with Gasteiger partial charge in [-0.25, -0.2) is 4.98 Å². The van der Waals surface area contributed by atoms with Crippen LogP contribution in [0.25, 0.3) is 27.7 Å². The third-order valence-electron chi connectivity index (χ3n) is 6.85. The monoisotopic (exact) mass is 612 g/mol. The number of nitrogens with two attached hydrogens (primary N) is 1. The SMILES string of the molecule is COc1cc(Nc2nc(N)c(-c3nc(-c4cc(NC(=O)C=C(C)c5ccccc5C)ccc4C)no3)s2)cc(OC)c1OC. The van der Waals surface area contributed by atoms with Gasteiger partial charge < -0.3 is 35.1 Å². The van der Waals surface area contributed by atoms with Crippen LogP contribution in [0, 0.1) is 13.8 Å². The van der Waals surface area contributed by atoms with E-state index in [1.165, 1.54) is 11.3 Å². The number of nitrogens with zero attached hydrogens (tertiary/aromatic N) is 3. The van der Waals surface area contributed by atoms with Crippen molar-refractivity contribution >= 4 is 45.1 Å². The first kappa shape index (κ1) is 30.1. The Morgan fingerprint density at radius 1 is 0.932 bits per heavy atom. The highest BCUT2D eigenvalue weighted by atomic mass is 32.1. The first-order valence-electron chi connectivity index (χ1n) is 13.5.